The topological polar surface area (TPSA) is 89.6 Å². The van der Waals surface area contributed by atoms with Crippen molar-refractivity contribution in [2.24, 2.45) is 10.7 Å². The van der Waals surface area contributed by atoms with Crippen LogP contribution in [0.1, 0.15) is 35.0 Å². The van der Waals surface area contributed by atoms with Gasteiger partial charge in [-0.3, -0.25) is 9.78 Å². The van der Waals surface area contributed by atoms with Crippen molar-refractivity contribution in [2.75, 3.05) is 11.9 Å². The molecule has 1 amide bonds. The normalized spacial score (nSPS) is 19.7. The van der Waals surface area contributed by atoms with E-state index in [1.807, 2.05) is 6.92 Å². The van der Waals surface area contributed by atoms with Crippen molar-refractivity contribution >= 4 is 17.6 Å². The van der Waals surface area contributed by atoms with Crippen molar-refractivity contribution in [3.63, 3.8) is 0 Å². The van der Waals surface area contributed by atoms with Gasteiger partial charge < -0.3 is 15.8 Å². The predicted octanol–water partition coefficient (Wildman–Crippen LogP) is 2.73. The number of nitrogens with zero attached hydrogens (tertiary/aromatic N) is 2. The highest BCUT2D eigenvalue weighted by Gasteiger charge is 2.33. The van der Waals surface area contributed by atoms with Crippen molar-refractivity contribution in [1.82, 2.24) is 4.98 Å². The number of aromatic nitrogens is 1. The maximum atomic E-state index is 14.4. The second kappa shape index (κ2) is 6.51. The van der Waals surface area contributed by atoms with E-state index in [0.29, 0.717) is 24.3 Å². The van der Waals surface area contributed by atoms with Crippen molar-refractivity contribution in [3.05, 3.63) is 59.2 Å². The van der Waals surface area contributed by atoms with E-state index in [4.69, 9.17) is 10.5 Å². The second-order valence-corrected chi connectivity index (χ2v) is 6.19. The number of halogens is 1. The van der Waals surface area contributed by atoms with Gasteiger partial charge in [-0.15, -0.1) is 0 Å². The van der Waals surface area contributed by atoms with Gasteiger partial charge in [0, 0.05) is 23.9 Å². The van der Waals surface area contributed by atoms with Crippen LogP contribution < -0.4 is 11.1 Å². The zero-order chi connectivity index (χ0) is 18.0. The lowest BCUT2D eigenvalue weighted by Gasteiger charge is -2.30. The Morgan fingerprint density at radius 3 is 2.84 bits per heavy atom. The van der Waals surface area contributed by atoms with Crippen LogP contribution in [-0.2, 0) is 10.3 Å². The lowest BCUT2D eigenvalue weighted by molar-refractivity contribution is 0.102. The fourth-order valence-corrected chi connectivity index (χ4v) is 2.69. The number of amidine groups is 1. The first kappa shape index (κ1) is 16.9. The molecule has 1 atom stereocenters. The Kier molecular flexibility index (Phi) is 4.39. The van der Waals surface area contributed by atoms with Crippen LogP contribution in [0.3, 0.4) is 0 Å². The molecule has 2 heterocycles. The standard InChI is InChI=1S/C18H19FN4O2/c1-11-3-6-15(21-10-11)16(24)22-12-4-5-14(19)13(9-12)18(2)7-8-25-17(20)23-18/h3-6,9-10H,7-8H2,1-2H3,(H2,20,23)(H,22,24)/t18-/m0/s1. The number of aliphatic imine (C=N–C) groups is 1. The van der Waals surface area contributed by atoms with Gasteiger partial charge in [0.15, 0.2) is 0 Å². The minimum Gasteiger partial charge on any atom is -0.465 e. The molecule has 0 saturated carbocycles. The highest BCUT2D eigenvalue weighted by molar-refractivity contribution is 6.02. The Morgan fingerprint density at radius 1 is 1.36 bits per heavy atom. The monoisotopic (exact) mass is 342 g/mol. The molecule has 1 aromatic heterocycles. The highest BCUT2D eigenvalue weighted by atomic mass is 19.1. The number of rotatable bonds is 3. The lowest BCUT2D eigenvalue weighted by atomic mass is 9.88. The van der Waals surface area contributed by atoms with Crippen LogP contribution in [0, 0.1) is 12.7 Å². The molecule has 1 aliphatic rings. The lowest BCUT2D eigenvalue weighted by Crippen LogP contribution is -2.34. The molecular weight excluding hydrogens is 323 g/mol. The molecule has 130 valence electrons. The smallest absolute Gasteiger partial charge is 0.282 e. The molecule has 6 nitrogen and oxygen atoms in total. The van der Waals surface area contributed by atoms with Crippen molar-refractivity contribution in [2.45, 2.75) is 25.8 Å². The Balaban J connectivity index is 1.88. The molecule has 25 heavy (non-hydrogen) atoms. The summed E-state index contributed by atoms with van der Waals surface area (Å²) in [5.74, 6) is -0.773. The summed E-state index contributed by atoms with van der Waals surface area (Å²) in [5, 5.41) is 2.73. The zero-order valence-corrected chi connectivity index (χ0v) is 14.0. The number of nitrogens with two attached hydrogens (primary N) is 1. The van der Waals surface area contributed by atoms with Crippen molar-refractivity contribution in [3.8, 4) is 0 Å². The van der Waals surface area contributed by atoms with E-state index in [1.165, 1.54) is 12.1 Å². The summed E-state index contributed by atoms with van der Waals surface area (Å²) in [6.07, 6.45) is 2.10. The number of ether oxygens (including phenoxy) is 1. The van der Waals surface area contributed by atoms with Crippen LogP contribution in [0.5, 0.6) is 0 Å². The summed E-state index contributed by atoms with van der Waals surface area (Å²) in [4.78, 5) is 20.6. The van der Waals surface area contributed by atoms with Crippen LogP contribution >= 0.6 is 0 Å². The van der Waals surface area contributed by atoms with Gasteiger partial charge in [0.2, 0.25) is 0 Å². The molecule has 3 rings (SSSR count). The molecule has 0 radical (unpaired) electrons. The number of hydrogen-bond acceptors (Lipinski definition) is 5. The number of hydrogen-bond donors (Lipinski definition) is 2. The van der Waals surface area contributed by atoms with Gasteiger partial charge in [-0.2, -0.15) is 0 Å². The van der Waals surface area contributed by atoms with E-state index < -0.39 is 11.4 Å². The van der Waals surface area contributed by atoms with Crippen LogP contribution in [0.25, 0.3) is 0 Å². The Labute approximate surface area is 144 Å². The van der Waals surface area contributed by atoms with Crippen LogP contribution in [-0.4, -0.2) is 23.5 Å². The SMILES string of the molecule is Cc1ccc(C(=O)Nc2ccc(F)c([C@]3(C)CCOC(N)=N3)c2)nc1. The minimum absolute atomic E-state index is 0.0337. The zero-order valence-electron chi connectivity index (χ0n) is 14.0. The molecule has 0 spiro atoms. The average Bonchev–Trinajstić information content (AvgIpc) is 2.57. The highest BCUT2D eigenvalue weighted by Crippen LogP contribution is 2.35. The summed E-state index contributed by atoms with van der Waals surface area (Å²) in [5.41, 5.74) is 6.86. The molecule has 0 unspecified atom stereocenters. The number of nitrogens with one attached hydrogen (secondary N) is 1. The second-order valence-electron chi connectivity index (χ2n) is 6.19. The fourth-order valence-electron chi connectivity index (χ4n) is 2.69. The molecule has 0 fully saturated rings. The number of carbonyl (C=O) groups is 1. The first-order chi connectivity index (χ1) is 11.9. The van der Waals surface area contributed by atoms with E-state index >= 15 is 0 Å². The number of pyridine rings is 1. The van der Waals surface area contributed by atoms with E-state index in [9.17, 15) is 9.18 Å². The first-order valence-corrected chi connectivity index (χ1v) is 7.89. The van der Waals surface area contributed by atoms with Gasteiger partial charge >= 0.3 is 0 Å². The predicted molar refractivity (Wildman–Crippen MR) is 92.9 cm³/mol. The molecular formula is C18H19FN4O2. The van der Waals surface area contributed by atoms with Gasteiger partial charge in [-0.05, 0) is 43.7 Å². The number of amides is 1. The Morgan fingerprint density at radius 2 is 2.16 bits per heavy atom. The van der Waals surface area contributed by atoms with Gasteiger partial charge in [-0.25, -0.2) is 9.38 Å². The Bertz CT molecular complexity index is 835. The minimum atomic E-state index is -0.838. The molecule has 1 aromatic carbocycles. The van der Waals surface area contributed by atoms with Crippen LogP contribution in [0.4, 0.5) is 10.1 Å². The van der Waals surface area contributed by atoms with Crippen molar-refractivity contribution in [1.29, 1.82) is 0 Å². The first-order valence-electron chi connectivity index (χ1n) is 7.89. The maximum absolute atomic E-state index is 14.4. The molecule has 1 aliphatic heterocycles. The summed E-state index contributed by atoms with van der Waals surface area (Å²) < 4.78 is 19.5. The van der Waals surface area contributed by atoms with E-state index in [0.717, 1.165) is 5.56 Å². The number of anilines is 1. The van der Waals surface area contributed by atoms with Crippen molar-refractivity contribution < 1.29 is 13.9 Å². The average molecular weight is 342 g/mol. The molecule has 0 bridgehead atoms. The quantitative estimate of drug-likeness (QED) is 0.897. The summed E-state index contributed by atoms with van der Waals surface area (Å²) in [6.45, 7) is 4.03. The molecule has 7 heteroatoms. The Hall–Kier alpha value is -2.96. The number of carbonyl (C=O) groups excluding carboxylic acids is 1. The van der Waals surface area contributed by atoms with Gasteiger partial charge in [-0.1, -0.05) is 6.07 Å². The summed E-state index contributed by atoms with van der Waals surface area (Å²) in [7, 11) is 0. The van der Waals surface area contributed by atoms with Crippen LogP contribution in [0.2, 0.25) is 0 Å². The van der Waals surface area contributed by atoms with E-state index in [-0.39, 0.29) is 17.6 Å². The third-order valence-corrected chi connectivity index (χ3v) is 4.14. The summed E-state index contributed by atoms with van der Waals surface area (Å²) in [6, 6.07) is 7.86. The van der Waals surface area contributed by atoms with Gasteiger partial charge in [0.25, 0.3) is 11.9 Å². The third-order valence-electron chi connectivity index (χ3n) is 4.14. The third kappa shape index (κ3) is 3.60. The van der Waals surface area contributed by atoms with Gasteiger partial charge in [0.1, 0.15) is 11.5 Å². The molecule has 0 aliphatic carbocycles. The number of aryl methyl sites for hydroxylation is 1. The fraction of sp³-hybridized carbons (Fsp3) is 0.278. The molecule has 0 saturated heterocycles. The van der Waals surface area contributed by atoms with Crippen LogP contribution in [0.15, 0.2) is 41.5 Å². The largest absolute Gasteiger partial charge is 0.465 e. The van der Waals surface area contributed by atoms with E-state index in [1.54, 1.807) is 31.3 Å². The van der Waals surface area contributed by atoms with E-state index in [2.05, 4.69) is 15.3 Å². The number of benzene rings is 1. The van der Waals surface area contributed by atoms with Gasteiger partial charge in [0.05, 0.1) is 12.1 Å². The maximum Gasteiger partial charge on any atom is 0.282 e. The molecule has 3 N–H and O–H groups in total. The summed E-state index contributed by atoms with van der Waals surface area (Å²) >= 11 is 0. The molecule has 2 aromatic rings.